The zero-order valence-electron chi connectivity index (χ0n) is 14.7. The highest BCUT2D eigenvalue weighted by Crippen LogP contribution is 2.27. The fourth-order valence-electron chi connectivity index (χ4n) is 2.72. The molecule has 0 fully saturated rings. The molecule has 2 aromatic heterocycles. The van der Waals surface area contributed by atoms with Gasteiger partial charge in [-0.25, -0.2) is 14.6 Å². The first-order valence-electron chi connectivity index (χ1n) is 8.59. The molecule has 6 nitrogen and oxygen atoms in total. The van der Waals surface area contributed by atoms with Gasteiger partial charge in [-0.15, -0.1) is 0 Å². The van der Waals surface area contributed by atoms with E-state index in [2.05, 4.69) is 20.4 Å². The molecule has 0 radical (unpaired) electrons. The molecular formula is C20H16ClN5OS. The highest BCUT2D eigenvalue weighted by molar-refractivity contribution is 8.00. The van der Waals surface area contributed by atoms with Crippen molar-refractivity contribution in [1.29, 1.82) is 0 Å². The number of halogens is 1. The summed E-state index contributed by atoms with van der Waals surface area (Å²) in [6, 6.07) is 17.2. The number of hydrogen-bond acceptors (Lipinski definition) is 5. The first-order valence-corrected chi connectivity index (χ1v) is 9.96. The van der Waals surface area contributed by atoms with Crippen LogP contribution in [0.2, 0.25) is 5.02 Å². The van der Waals surface area contributed by atoms with Gasteiger partial charge in [0.2, 0.25) is 5.91 Å². The average Bonchev–Trinajstić information content (AvgIpc) is 3.16. The first kappa shape index (κ1) is 18.5. The lowest BCUT2D eigenvalue weighted by molar-refractivity contribution is -0.118. The third-order valence-corrected chi connectivity index (χ3v) is 5.41. The van der Waals surface area contributed by atoms with Crippen molar-refractivity contribution in [3.05, 3.63) is 77.7 Å². The molecule has 2 heterocycles. The van der Waals surface area contributed by atoms with E-state index in [-0.39, 0.29) is 11.7 Å². The topological polar surface area (TPSA) is 72.7 Å². The van der Waals surface area contributed by atoms with Crippen LogP contribution in [0.4, 0.5) is 0 Å². The monoisotopic (exact) mass is 409 g/mol. The molecule has 28 heavy (non-hydrogen) atoms. The maximum atomic E-state index is 12.2. The van der Waals surface area contributed by atoms with Gasteiger partial charge in [0.25, 0.3) is 0 Å². The number of hydrogen-bond donors (Lipinski definition) is 1. The number of para-hydroxylation sites is 1. The minimum Gasteiger partial charge on any atom is -0.351 e. The van der Waals surface area contributed by atoms with E-state index >= 15 is 0 Å². The van der Waals surface area contributed by atoms with Gasteiger partial charge >= 0.3 is 0 Å². The van der Waals surface area contributed by atoms with Crippen molar-refractivity contribution in [3.8, 4) is 5.69 Å². The lowest BCUT2D eigenvalue weighted by atomic mass is 10.2. The van der Waals surface area contributed by atoms with E-state index in [9.17, 15) is 4.79 Å². The standard InChI is InChI=1S/C20H16ClN5OS/c21-16-8-4-5-9-17(16)26-19-15(11-25-26)20(24-13-23-19)28-12-18(27)22-10-14-6-2-1-3-7-14/h1-9,11,13H,10,12H2,(H,22,27). The average molecular weight is 410 g/mol. The predicted molar refractivity (Wildman–Crippen MR) is 111 cm³/mol. The van der Waals surface area contributed by atoms with E-state index in [0.717, 1.165) is 16.6 Å². The molecule has 4 rings (SSSR count). The quantitative estimate of drug-likeness (QED) is 0.386. The van der Waals surface area contributed by atoms with Crippen LogP contribution in [0.15, 0.2) is 72.1 Å². The molecule has 1 amide bonds. The first-order chi connectivity index (χ1) is 13.7. The second-order valence-corrected chi connectivity index (χ2v) is 7.35. The Labute approximate surface area is 171 Å². The molecule has 0 saturated carbocycles. The van der Waals surface area contributed by atoms with E-state index in [1.54, 1.807) is 16.9 Å². The number of aromatic nitrogens is 4. The maximum Gasteiger partial charge on any atom is 0.230 e. The molecule has 0 aliphatic heterocycles. The molecule has 4 aromatic rings. The van der Waals surface area contributed by atoms with E-state index < -0.39 is 0 Å². The van der Waals surface area contributed by atoms with Gasteiger partial charge in [0, 0.05) is 6.54 Å². The minimum atomic E-state index is -0.0564. The Morgan fingerprint density at radius 2 is 1.86 bits per heavy atom. The van der Waals surface area contributed by atoms with Crippen LogP contribution in [0.1, 0.15) is 5.56 Å². The lowest BCUT2D eigenvalue weighted by Gasteiger charge is -2.06. The van der Waals surface area contributed by atoms with E-state index in [4.69, 9.17) is 11.6 Å². The fraction of sp³-hybridized carbons (Fsp3) is 0.100. The summed E-state index contributed by atoms with van der Waals surface area (Å²) in [7, 11) is 0. The summed E-state index contributed by atoms with van der Waals surface area (Å²) in [5.74, 6) is 0.204. The molecule has 8 heteroatoms. The zero-order chi connectivity index (χ0) is 19.3. The van der Waals surface area contributed by atoms with Crippen molar-refractivity contribution < 1.29 is 4.79 Å². The summed E-state index contributed by atoms with van der Waals surface area (Å²) >= 11 is 7.64. The van der Waals surface area contributed by atoms with Crippen LogP contribution < -0.4 is 5.32 Å². The van der Waals surface area contributed by atoms with Crippen LogP contribution in [0.25, 0.3) is 16.7 Å². The zero-order valence-corrected chi connectivity index (χ0v) is 16.3. The van der Waals surface area contributed by atoms with Crippen LogP contribution in [-0.4, -0.2) is 31.4 Å². The van der Waals surface area contributed by atoms with Gasteiger partial charge in [-0.2, -0.15) is 5.10 Å². The summed E-state index contributed by atoms with van der Waals surface area (Å²) in [6.07, 6.45) is 3.17. The van der Waals surface area contributed by atoms with Crippen molar-refractivity contribution in [3.63, 3.8) is 0 Å². The molecule has 0 aliphatic rings. The Hall–Kier alpha value is -2.90. The minimum absolute atomic E-state index is 0.0564. The highest BCUT2D eigenvalue weighted by Gasteiger charge is 2.14. The second kappa shape index (κ2) is 8.41. The van der Waals surface area contributed by atoms with Gasteiger partial charge in [0.15, 0.2) is 5.65 Å². The Kier molecular flexibility index (Phi) is 5.55. The molecule has 0 spiro atoms. The van der Waals surface area contributed by atoms with Crippen LogP contribution in [0.5, 0.6) is 0 Å². The van der Waals surface area contributed by atoms with Gasteiger partial charge in [-0.05, 0) is 17.7 Å². The number of carbonyl (C=O) groups excluding carboxylic acids is 1. The van der Waals surface area contributed by atoms with Crippen LogP contribution in [0, 0.1) is 0 Å². The summed E-state index contributed by atoms with van der Waals surface area (Å²) in [6.45, 7) is 0.504. The van der Waals surface area contributed by atoms with E-state index in [1.165, 1.54) is 18.1 Å². The highest BCUT2D eigenvalue weighted by atomic mass is 35.5. The number of rotatable bonds is 6. The van der Waals surface area contributed by atoms with Crippen molar-refractivity contribution in [1.82, 2.24) is 25.1 Å². The number of thioether (sulfide) groups is 1. The molecule has 0 atom stereocenters. The fourth-order valence-corrected chi connectivity index (χ4v) is 3.73. The summed E-state index contributed by atoms with van der Waals surface area (Å²) in [5.41, 5.74) is 2.45. The number of fused-ring (bicyclic) bond motifs is 1. The summed E-state index contributed by atoms with van der Waals surface area (Å²) in [5, 5.41) is 9.39. The Morgan fingerprint density at radius 1 is 1.07 bits per heavy atom. The van der Waals surface area contributed by atoms with E-state index in [0.29, 0.717) is 22.2 Å². The number of nitrogens with one attached hydrogen (secondary N) is 1. The second-order valence-electron chi connectivity index (χ2n) is 5.97. The molecule has 2 aromatic carbocycles. The largest absolute Gasteiger partial charge is 0.351 e. The number of amides is 1. The van der Waals surface area contributed by atoms with Crippen molar-refractivity contribution in [2.75, 3.05) is 5.75 Å². The SMILES string of the molecule is O=C(CSc1ncnc2c1cnn2-c1ccccc1Cl)NCc1ccccc1. The number of nitrogens with zero attached hydrogens (tertiary/aromatic N) is 4. The number of carbonyl (C=O) groups is 1. The van der Waals surface area contributed by atoms with Crippen molar-refractivity contribution >= 4 is 40.3 Å². The third-order valence-electron chi connectivity index (χ3n) is 4.08. The number of benzene rings is 2. The molecule has 0 saturated heterocycles. The summed E-state index contributed by atoms with van der Waals surface area (Å²) < 4.78 is 1.68. The normalized spacial score (nSPS) is 10.9. The van der Waals surface area contributed by atoms with Gasteiger partial charge in [-0.3, -0.25) is 4.79 Å². The predicted octanol–water partition coefficient (Wildman–Crippen LogP) is 3.88. The van der Waals surface area contributed by atoms with Gasteiger partial charge < -0.3 is 5.32 Å². The molecule has 1 N–H and O–H groups in total. The molecule has 0 aliphatic carbocycles. The van der Waals surface area contributed by atoms with Crippen LogP contribution in [0.3, 0.4) is 0 Å². The van der Waals surface area contributed by atoms with E-state index in [1.807, 2.05) is 48.5 Å². The van der Waals surface area contributed by atoms with Crippen LogP contribution >= 0.6 is 23.4 Å². The lowest BCUT2D eigenvalue weighted by Crippen LogP contribution is -2.24. The Balaban J connectivity index is 1.47. The van der Waals surface area contributed by atoms with Crippen molar-refractivity contribution in [2.45, 2.75) is 11.6 Å². The third kappa shape index (κ3) is 4.00. The van der Waals surface area contributed by atoms with Crippen molar-refractivity contribution in [2.24, 2.45) is 0 Å². The summed E-state index contributed by atoms with van der Waals surface area (Å²) in [4.78, 5) is 20.8. The molecule has 0 unspecified atom stereocenters. The molecule has 140 valence electrons. The van der Waals surface area contributed by atoms with Gasteiger partial charge in [-0.1, -0.05) is 65.8 Å². The van der Waals surface area contributed by atoms with Gasteiger partial charge in [0.05, 0.1) is 28.0 Å². The smallest absolute Gasteiger partial charge is 0.230 e. The Morgan fingerprint density at radius 3 is 2.68 bits per heavy atom. The van der Waals surface area contributed by atoms with Gasteiger partial charge in [0.1, 0.15) is 11.4 Å². The maximum absolute atomic E-state index is 12.2. The molecule has 0 bridgehead atoms. The van der Waals surface area contributed by atoms with Crippen LogP contribution in [-0.2, 0) is 11.3 Å². The Bertz CT molecular complexity index is 1120. The molecular weight excluding hydrogens is 394 g/mol.